The standard InChI is InChI=1S/C21H29FN4OS.HI/c1-3-18-8-9-19(28-18)14-24-21(23-2)25-15-20(26-10-12-27-13-11-26)16-4-6-17(22)7-5-16;/h4-9,20H,3,10-15H2,1-2H3,(H2,23,24,25);1H. The number of aliphatic imine (C=N–C) groups is 1. The Labute approximate surface area is 193 Å². The van der Waals surface area contributed by atoms with Gasteiger partial charge in [-0.1, -0.05) is 19.1 Å². The fraction of sp³-hybridized carbons (Fsp3) is 0.476. The lowest BCUT2D eigenvalue weighted by atomic mass is 10.0. The Morgan fingerprint density at radius 2 is 1.83 bits per heavy atom. The van der Waals surface area contributed by atoms with Crippen LogP contribution in [0.15, 0.2) is 41.4 Å². The zero-order chi connectivity index (χ0) is 19.8. The molecule has 3 rings (SSSR count). The van der Waals surface area contributed by atoms with Gasteiger partial charge >= 0.3 is 0 Å². The zero-order valence-corrected chi connectivity index (χ0v) is 20.1. The molecule has 2 heterocycles. The molecule has 0 bridgehead atoms. The van der Waals surface area contributed by atoms with Crippen LogP contribution in [-0.2, 0) is 17.7 Å². The molecule has 5 nitrogen and oxygen atoms in total. The summed E-state index contributed by atoms with van der Waals surface area (Å²) in [7, 11) is 1.78. The molecule has 1 atom stereocenters. The van der Waals surface area contributed by atoms with E-state index in [1.54, 1.807) is 7.05 Å². The number of morpholine rings is 1. The summed E-state index contributed by atoms with van der Waals surface area (Å²) < 4.78 is 18.9. The first kappa shape index (κ1) is 24.0. The minimum absolute atomic E-state index is 0. The lowest BCUT2D eigenvalue weighted by Gasteiger charge is -2.35. The number of nitrogens with zero attached hydrogens (tertiary/aromatic N) is 2. The number of benzene rings is 1. The fourth-order valence-corrected chi connectivity index (χ4v) is 4.22. The average Bonchev–Trinajstić information content (AvgIpc) is 3.20. The van der Waals surface area contributed by atoms with Crippen molar-refractivity contribution in [2.24, 2.45) is 4.99 Å². The number of halogens is 2. The monoisotopic (exact) mass is 532 g/mol. The number of aryl methyl sites for hydroxylation is 1. The molecule has 0 aliphatic carbocycles. The SMILES string of the molecule is CCc1ccc(CNC(=NC)NCC(c2ccc(F)cc2)N2CCOCC2)s1.I. The summed E-state index contributed by atoms with van der Waals surface area (Å²) >= 11 is 1.83. The lowest BCUT2D eigenvalue weighted by molar-refractivity contribution is 0.0170. The minimum Gasteiger partial charge on any atom is -0.379 e. The number of hydrogen-bond donors (Lipinski definition) is 2. The van der Waals surface area contributed by atoms with E-state index >= 15 is 0 Å². The van der Waals surface area contributed by atoms with Gasteiger partial charge in [0.25, 0.3) is 0 Å². The van der Waals surface area contributed by atoms with E-state index in [-0.39, 0.29) is 35.8 Å². The number of ether oxygens (including phenoxy) is 1. The van der Waals surface area contributed by atoms with Crippen LogP contribution in [0.1, 0.15) is 28.3 Å². The fourth-order valence-electron chi connectivity index (χ4n) is 3.32. The topological polar surface area (TPSA) is 48.9 Å². The van der Waals surface area contributed by atoms with Crippen LogP contribution in [0.3, 0.4) is 0 Å². The van der Waals surface area contributed by atoms with Crippen LogP contribution in [-0.4, -0.2) is 50.8 Å². The molecule has 0 spiro atoms. The van der Waals surface area contributed by atoms with E-state index in [1.165, 1.54) is 21.9 Å². The Bertz CT molecular complexity index is 762. The molecule has 1 saturated heterocycles. The van der Waals surface area contributed by atoms with Gasteiger partial charge in [0.15, 0.2) is 5.96 Å². The van der Waals surface area contributed by atoms with Crippen LogP contribution in [0.25, 0.3) is 0 Å². The predicted octanol–water partition coefficient (Wildman–Crippen LogP) is 3.81. The summed E-state index contributed by atoms with van der Waals surface area (Å²) in [5.74, 6) is 0.559. The molecule has 1 aliphatic rings. The van der Waals surface area contributed by atoms with E-state index in [4.69, 9.17) is 4.74 Å². The molecule has 2 N–H and O–H groups in total. The van der Waals surface area contributed by atoms with E-state index in [2.05, 4.69) is 39.6 Å². The van der Waals surface area contributed by atoms with Gasteiger partial charge in [-0.2, -0.15) is 0 Å². The number of hydrogen-bond acceptors (Lipinski definition) is 4. The van der Waals surface area contributed by atoms with E-state index < -0.39 is 0 Å². The highest BCUT2D eigenvalue weighted by Gasteiger charge is 2.23. The van der Waals surface area contributed by atoms with Crippen molar-refractivity contribution < 1.29 is 9.13 Å². The quantitative estimate of drug-likeness (QED) is 0.324. The van der Waals surface area contributed by atoms with Crippen molar-refractivity contribution in [1.82, 2.24) is 15.5 Å². The third-order valence-corrected chi connectivity index (χ3v) is 6.15. The van der Waals surface area contributed by atoms with Crippen molar-refractivity contribution in [2.45, 2.75) is 25.9 Å². The van der Waals surface area contributed by atoms with Crippen LogP contribution >= 0.6 is 35.3 Å². The van der Waals surface area contributed by atoms with Gasteiger partial charge in [0.05, 0.1) is 25.8 Å². The summed E-state index contributed by atoms with van der Waals surface area (Å²) in [6.07, 6.45) is 1.07. The molecule has 0 saturated carbocycles. The predicted molar refractivity (Wildman–Crippen MR) is 129 cm³/mol. The molecule has 0 amide bonds. The van der Waals surface area contributed by atoms with E-state index in [9.17, 15) is 4.39 Å². The van der Waals surface area contributed by atoms with Crippen LogP contribution in [0.2, 0.25) is 0 Å². The molecule has 0 radical (unpaired) electrons. The Balaban J connectivity index is 0.00000300. The highest BCUT2D eigenvalue weighted by atomic mass is 127. The summed E-state index contributed by atoms with van der Waals surface area (Å²) in [4.78, 5) is 9.42. The Morgan fingerprint density at radius 1 is 1.14 bits per heavy atom. The van der Waals surface area contributed by atoms with Crippen LogP contribution < -0.4 is 10.6 Å². The second-order valence-electron chi connectivity index (χ2n) is 6.74. The molecule has 1 unspecified atom stereocenters. The van der Waals surface area contributed by atoms with Crippen LogP contribution in [0, 0.1) is 5.82 Å². The van der Waals surface area contributed by atoms with Crippen molar-refractivity contribution in [3.63, 3.8) is 0 Å². The number of guanidine groups is 1. The van der Waals surface area contributed by atoms with Crippen molar-refractivity contribution in [1.29, 1.82) is 0 Å². The highest BCUT2D eigenvalue weighted by molar-refractivity contribution is 14.0. The summed E-state index contributed by atoms with van der Waals surface area (Å²) in [6, 6.07) is 11.3. The van der Waals surface area contributed by atoms with E-state index in [0.29, 0.717) is 6.54 Å². The van der Waals surface area contributed by atoms with Crippen molar-refractivity contribution in [3.05, 3.63) is 57.5 Å². The van der Waals surface area contributed by atoms with Crippen LogP contribution in [0.4, 0.5) is 4.39 Å². The summed E-state index contributed by atoms with van der Waals surface area (Å²) in [6.45, 7) is 6.80. The average molecular weight is 532 g/mol. The highest BCUT2D eigenvalue weighted by Crippen LogP contribution is 2.22. The number of rotatable bonds is 7. The van der Waals surface area contributed by atoms with Gasteiger partial charge in [0.1, 0.15) is 5.82 Å². The maximum Gasteiger partial charge on any atom is 0.191 e. The van der Waals surface area contributed by atoms with Crippen molar-refractivity contribution >= 4 is 41.3 Å². The first-order valence-electron chi connectivity index (χ1n) is 9.79. The molecular weight excluding hydrogens is 502 g/mol. The third-order valence-electron chi connectivity index (χ3n) is 4.92. The molecular formula is C21H30FIN4OS. The smallest absolute Gasteiger partial charge is 0.191 e. The number of nitrogens with one attached hydrogen (secondary N) is 2. The first-order chi connectivity index (χ1) is 13.7. The Hall–Kier alpha value is -1.23. The lowest BCUT2D eigenvalue weighted by Crippen LogP contribution is -2.46. The molecule has 8 heteroatoms. The first-order valence-corrected chi connectivity index (χ1v) is 10.6. The van der Waals surface area contributed by atoms with Crippen molar-refractivity contribution in [2.75, 3.05) is 39.9 Å². The molecule has 160 valence electrons. The van der Waals surface area contributed by atoms with Gasteiger partial charge in [-0.15, -0.1) is 35.3 Å². The van der Waals surface area contributed by atoms with E-state index in [0.717, 1.165) is 50.8 Å². The zero-order valence-electron chi connectivity index (χ0n) is 17.0. The van der Waals surface area contributed by atoms with Gasteiger partial charge in [-0.3, -0.25) is 9.89 Å². The third kappa shape index (κ3) is 7.20. The summed E-state index contributed by atoms with van der Waals surface area (Å²) in [5, 5.41) is 6.83. The molecule has 1 fully saturated rings. The minimum atomic E-state index is -0.211. The maximum atomic E-state index is 13.4. The van der Waals surface area contributed by atoms with Gasteiger partial charge < -0.3 is 15.4 Å². The van der Waals surface area contributed by atoms with Gasteiger partial charge in [0, 0.05) is 36.4 Å². The van der Waals surface area contributed by atoms with Crippen molar-refractivity contribution in [3.8, 4) is 0 Å². The molecule has 1 aliphatic heterocycles. The van der Waals surface area contributed by atoms with Gasteiger partial charge in [-0.05, 0) is 36.2 Å². The second-order valence-corrected chi connectivity index (χ2v) is 8.00. The van der Waals surface area contributed by atoms with Gasteiger partial charge in [-0.25, -0.2) is 4.39 Å². The largest absolute Gasteiger partial charge is 0.379 e. The Kier molecular flexibility index (Phi) is 10.3. The van der Waals surface area contributed by atoms with Gasteiger partial charge in [0.2, 0.25) is 0 Å². The molecule has 1 aromatic heterocycles. The molecule has 1 aromatic carbocycles. The normalized spacial score (nSPS) is 16.2. The Morgan fingerprint density at radius 3 is 2.45 bits per heavy atom. The van der Waals surface area contributed by atoms with E-state index in [1.807, 2.05) is 23.5 Å². The summed E-state index contributed by atoms with van der Waals surface area (Å²) in [5.41, 5.74) is 1.09. The molecule has 29 heavy (non-hydrogen) atoms. The maximum absolute atomic E-state index is 13.4. The van der Waals surface area contributed by atoms with Crippen LogP contribution in [0.5, 0.6) is 0 Å². The number of thiophene rings is 1. The molecule has 2 aromatic rings. The second kappa shape index (κ2) is 12.5.